The number of hydrogen-bond acceptors (Lipinski definition) is 5. The molecule has 1 atom stereocenters. The second kappa shape index (κ2) is 10.5. The Labute approximate surface area is 155 Å². The molecule has 0 saturated heterocycles. The molecule has 0 aromatic heterocycles. The number of amides is 1. The van der Waals surface area contributed by atoms with Gasteiger partial charge in [0.05, 0.1) is 18.7 Å². The number of Topliss-reactive ketones (excluding diaryl/α,β-unsaturated/α-hetero) is 1. The molecule has 142 valence electrons. The number of nitrogens with two attached hydrogens (primary N) is 1. The fourth-order valence-electron chi connectivity index (χ4n) is 2.09. The predicted octanol–water partition coefficient (Wildman–Crippen LogP) is 2.64. The first-order chi connectivity index (χ1) is 12.2. The largest absolute Gasteiger partial charge is 0.495 e. The number of methoxy groups -OCH3 is 1. The Morgan fingerprint density at radius 2 is 1.92 bits per heavy atom. The molecule has 0 fully saturated rings. The lowest BCUT2D eigenvalue weighted by Crippen LogP contribution is -2.33. The van der Waals surface area contributed by atoms with Gasteiger partial charge in [-0.05, 0) is 58.1 Å². The van der Waals surface area contributed by atoms with Crippen LogP contribution in [0.15, 0.2) is 24.3 Å². The highest BCUT2D eigenvalue weighted by molar-refractivity contribution is 6.00. The van der Waals surface area contributed by atoms with Crippen LogP contribution >= 0.6 is 0 Å². The second-order valence-electron chi connectivity index (χ2n) is 6.85. The highest BCUT2D eigenvalue weighted by Crippen LogP contribution is 2.15. The number of hydrogen-bond donors (Lipinski definition) is 2. The summed E-state index contributed by atoms with van der Waals surface area (Å²) in [7, 11) is 1.55. The fourth-order valence-corrected chi connectivity index (χ4v) is 2.09. The number of alkyl carbamates (subject to hydrolysis) is 1. The van der Waals surface area contributed by atoms with Crippen molar-refractivity contribution in [2.45, 2.75) is 51.7 Å². The van der Waals surface area contributed by atoms with E-state index in [1.165, 1.54) is 0 Å². The van der Waals surface area contributed by atoms with Crippen molar-refractivity contribution in [2.24, 2.45) is 5.73 Å². The molecule has 0 spiro atoms. The number of nitrogens with one attached hydrogen (secondary N) is 1. The molecule has 6 nitrogen and oxygen atoms in total. The molecular formula is C20H28N2O4. The molecule has 0 aliphatic carbocycles. The average Bonchev–Trinajstić information content (AvgIpc) is 2.57. The Balaban J connectivity index is 2.33. The molecule has 0 aliphatic rings. The minimum atomic E-state index is -0.640. The monoisotopic (exact) mass is 360 g/mol. The van der Waals surface area contributed by atoms with Crippen molar-refractivity contribution in [3.63, 3.8) is 0 Å². The van der Waals surface area contributed by atoms with Crippen molar-refractivity contribution in [1.29, 1.82) is 0 Å². The number of carbonyl (C=O) groups is 2. The van der Waals surface area contributed by atoms with Crippen LogP contribution in [-0.2, 0) is 9.53 Å². The van der Waals surface area contributed by atoms with Gasteiger partial charge in [0.25, 0.3) is 0 Å². The van der Waals surface area contributed by atoms with Gasteiger partial charge in [0.15, 0.2) is 0 Å². The van der Waals surface area contributed by atoms with Crippen LogP contribution < -0.4 is 15.8 Å². The molecular weight excluding hydrogens is 332 g/mol. The van der Waals surface area contributed by atoms with E-state index in [0.717, 1.165) is 0 Å². The Hall–Kier alpha value is -2.52. The smallest absolute Gasteiger partial charge is 0.407 e. The number of unbranched alkanes of at least 4 members (excludes halogenated alkanes) is 1. The Morgan fingerprint density at radius 3 is 2.58 bits per heavy atom. The maximum atomic E-state index is 12.0. The second-order valence-corrected chi connectivity index (χ2v) is 6.85. The minimum absolute atomic E-state index is 0.309. The lowest BCUT2D eigenvalue weighted by atomic mass is 10.1. The summed E-state index contributed by atoms with van der Waals surface area (Å²) in [5, 5.41) is 2.67. The minimum Gasteiger partial charge on any atom is -0.495 e. The van der Waals surface area contributed by atoms with E-state index in [0.29, 0.717) is 37.1 Å². The summed E-state index contributed by atoms with van der Waals surface area (Å²) in [6, 6.07) is 6.59. The van der Waals surface area contributed by atoms with E-state index in [9.17, 15) is 9.59 Å². The van der Waals surface area contributed by atoms with Crippen molar-refractivity contribution < 1.29 is 19.1 Å². The highest BCUT2D eigenvalue weighted by Gasteiger charge is 2.15. The number of benzene rings is 1. The molecule has 0 saturated carbocycles. The molecule has 0 radical (unpaired) electrons. The highest BCUT2D eigenvalue weighted by atomic mass is 16.6. The standard InChI is InChI=1S/C20H28N2O4/c1-20(2,3)26-19(24)22-14-8-7-10-16(21)17(23)13-12-15-9-5-6-11-18(15)25-4/h5-6,9,11,16H,7-8,10,14,21H2,1-4H3,(H,22,24). The zero-order valence-electron chi connectivity index (χ0n) is 15.9. The van der Waals surface area contributed by atoms with Gasteiger partial charge in [0.1, 0.15) is 11.4 Å². The van der Waals surface area contributed by atoms with Gasteiger partial charge >= 0.3 is 6.09 Å². The maximum Gasteiger partial charge on any atom is 0.407 e. The topological polar surface area (TPSA) is 90.6 Å². The van der Waals surface area contributed by atoms with Gasteiger partial charge in [0, 0.05) is 6.54 Å². The van der Waals surface area contributed by atoms with Crippen molar-refractivity contribution in [3.8, 4) is 17.6 Å². The Kier molecular flexibility index (Phi) is 8.66. The molecule has 1 unspecified atom stereocenters. The molecule has 0 aliphatic heterocycles. The van der Waals surface area contributed by atoms with Gasteiger partial charge in [-0.2, -0.15) is 0 Å². The number of rotatable bonds is 7. The van der Waals surface area contributed by atoms with E-state index in [2.05, 4.69) is 17.2 Å². The maximum absolute atomic E-state index is 12.0. The van der Waals surface area contributed by atoms with Crippen LogP contribution in [0.1, 0.15) is 45.6 Å². The van der Waals surface area contributed by atoms with Crippen LogP contribution in [0.5, 0.6) is 5.75 Å². The van der Waals surface area contributed by atoms with E-state index in [4.69, 9.17) is 15.2 Å². The van der Waals surface area contributed by atoms with Gasteiger partial charge in [0.2, 0.25) is 5.78 Å². The average molecular weight is 360 g/mol. The SMILES string of the molecule is COc1ccccc1C#CC(=O)C(N)CCCCNC(=O)OC(C)(C)C. The van der Waals surface area contributed by atoms with Crippen molar-refractivity contribution in [3.05, 3.63) is 29.8 Å². The summed E-state index contributed by atoms with van der Waals surface area (Å²) < 4.78 is 10.3. The first kappa shape index (κ1) is 21.5. The molecule has 1 aromatic rings. The molecule has 1 amide bonds. The summed E-state index contributed by atoms with van der Waals surface area (Å²) in [6.45, 7) is 5.90. The van der Waals surface area contributed by atoms with Crippen LogP contribution in [0.2, 0.25) is 0 Å². The first-order valence-electron chi connectivity index (χ1n) is 8.64. The van der Waals surface area contributed by atoms with Gasteiger partial charge in [-0.15, -0.1) is 0 Å². The third-order valence-electron chi connectivity index (χ3n) is 3.37. The van der Waals surface area contributed by atoms with E-state index < -0.39 is 17.7 Å². The fraction of sp³-hybridized carbons (Fsp3) is 0.500. The molecule has 6 heteroatoms. The van der Waals surface area contributed by atoms with Crippen molar-refractivity contribution in [2.75, 3.05) is 13.7 Å². The summed E-state index contributed by atoms with van der Waals surface area (Å²) in [4.78, 5) is 23.5. The van der Waals surface area contributed by atoms with Gasteiger partial charge in [-0.1, -0.05) is 18.1 Å². The normalized spacial score (nSPS) is 11.7. The number of ether oxygens (including phenoxy) is 2. The summed E-state index contributed by atoms with van der Waals surface area (Å²) in [5.74, 6) is 5.69. The summed E-state index contributed by atoms with van der Waals surface area (Å²) >= 11 is 0. The van der Waals surface area contributed by atoms with E-state index >= 15 is 0 Å². The zero-order chi connectivity index (χ0) is 19.6. The van der Waals surface area contributed by atoms with Crippen molar-refractivity contribution in [1.82, 2.24) is 5.32 Å². The van der Waals surface area contributed by atoms with E-state index in [1.54, 1.807) is 19.2 Å². The Morgan fingerprint density at radius 1 is 1.23 bits per heavy atom. The van der Waals surface area contributed by atoms with Gasteiger partial charge < -0.3 is 20.5 Å². The van der Waals surface area contributed by atoms with Crippen LogP contribution in [-0.4, -0.2) is 37.2 Å². The lowest BCUT2D eigenvalue weighted by Gasteiger charge is -2.19. The first-order valence-corrected chi connectivity index (χ1v) is 8.64. The van der Waals surface area contributed by atoms with Gasteiger partial charge in [-0.3, -0.25) is 4.79 Å². The van der Waals surface area contributed by atoms with Crippen molar-refractivity contribution >= 4 is 11.9 Å². The third kappa shape index (κ3) is 8.54. The van der Waals surface area contributed by atoms with Crippen LogP contribution in [0.25, 0.3) is 0 Å². The Bertz CT molecular complexity index is 668. The molecule has 1 rings (SSSR count). The van der Waals surface area contributed by atoms with Crippen LogP contribution in [0.3, 0.4) is 0 Å². The number of carbonyl (C=O) groups excluding carboxylic acids is 2. The molecule has 0 bridgehead atoms. The molecule has 3 N–H and O–H groups in total. The molecule has 26 heavy (non-hydrogen) atoms. The van der Waals surface area contributed by atoms with Gasteiger partial charge in [-0.25, -0.2) is 4.79 Å². The third-order valence-corrected chi connectivity index (χ3v) is 3.37. The summed E-state index contributed by atoms with van der Waals surface area (Å²) in [5.41, 5.74) is 6.02. The predicted molar refractivity (Wildman–Crippen MR) is 101 cm³/mol. The van der Waals surface area contributed by atoms with E-state index in [1.807, 2.05) is 32.9 Å². The lowest BCUT2D eigenvalue weighted by molar-refractivity contribution is -0.115. The molecule has 1 aromatic carbocycles. The van der Waals surface area contributed by atoms with Crippen LogP contribution in [0.4, 0.5) is 4.79 Å². The van der Waals surface area contributed by atoms with E-state index in [-0.39, 0.29) is 5.78 Å². The van der Waals surface area contributed by atoms with Crippen LogP contribution in [0, 0.1) is 11.8 Å². The quantitative estimate of drug-likeness (QED) is 0.576. The zero-order valence-corrected chi connectivity index (χ0v) is 15.9. The molecule has 0 heterocycles. The number of para-hydroxylation sites is 1. The summed E-state index contributed by atoms with van der Waals surface area (Å²) in [6.07, 6.45) is 1.48. The number of ketones is 1.